The van der Waals surface area contributed by atoms with Crippen LogP contribution in [0.1, 0.15) is 18.5 Å². The van der Waals surface area contributed by atoms with Crippen molar-refractivity contribution >= 4 is 21.9 Å². The molecule has 0 aliphatic carbocycles. The number of hydrogen-bond donors (Lipinski definition) is 1. The summed E-state index contributed by atoms with van der Waals surface area (Å²) < 4.78 is 11.2. The molecule has 1 rings (SSSR count). The number of ether oxygens (including phenoxy) is 2. The Bertz CT molecular complexity index is 422. The fraction of sp³-hybridized carbons (Fsp3) is 0.364. The molecule has 0 aromatic heterocycles. The number of hydrogen-bond acceptors (Lipinski definition) is 4. The Hall–Kier alpha value is -1.27. The Morgan fingerprint density at radius 2 is 2.24 bits per heavy atom. The van der Waals surface area contributed by atoms with Gasteiger partial charge in [-0.15, -0.1) is 0 Å². The number of aliphatic carboxylic acids is 1. The highest BCUT2D eigenvalue weighted by Gasteiger charge is 2.17. The average molecular weight is 304 g/mol. The van der Waals surface area contributed by atoms with Gasteiger partial charge >= 0.3 is 0 Å². The molecule has 0 radical (unpaired) electrons. The van der Waals surface area contributed by atoms with Gasteiger partial charge in [-0.25, -0.2) is 0 Å². The lowest BCUT2D eigenvalue weighted by atomic mass is 10.1. The van der Waals surface area contributed by atoms with Crippen molar-refractivity contribution in [3.8, 4) is 11.5 Å². The van der Waals surface area contributed by atoms with E-state index in [0.717, 1.165) is 0 Å². The summed E-state index contributed by atoms with van der Waals surface area (Å²) >= 11 is 3.31. The van der Waals surface area contributed by atoms with Crippen molar-refractivity contribution in [2.75, 3.05) is 13.7 Å². The van der Waals surface area contributed by atoms with E-state index < -0.39 is 12.0 Å². The van der Waals surface area contributed by atoms with Crippen LogP contribution in [-0.4, -0.2) is 19.7 Å². The third kappa shape index (κ3) is 3.10. The third-order valence-electron chi connectivity index (χ3n) is 2.23. The molecule has 0 fully saturated rings. The van der Waals surface area contributed by atoms with Crippen molar-refractivity contribution in [2.24, 2.45) is 0 Å². The van der Waals surface area contributed by atoms with E-state index in [9.17, 15) is 9.90 Å². The van der Waals surface area contributed by atoms with Gasteiger partial charge in [0.2, 0.25) is 0 Å². The predicted molar refractivity (Wildman–Crippen MR) is 62.5 cm³/mol. The zero-order valence-electron chi connectivity index (χ0n) is 9.66. The van der Waals surface area contributed by atoms with E-state index in [2.05, 4.69) is 21.7 Å². The Morgan fingerprint density at radius 1 is 1.59 bits per heavy atom. The molecule has 0 bridgehead atoms. The molecule has 0 aliphatic heterocycles. The van der Waals surface area contributed by atoms with Gasteiger partial charge in [-0.3, -0.25) is 0 Å². The van der Waals surface area contributed by atoms with E-state index in [1.165, 1.54) is 7.11 Å². The number of carboxylic acid groups (broad SMARTS) is 1. The standard InChI is InChI=1S/C11H14BrNO4/c1-3-17-10-7(12)4-6(5-8(10)16-2)9(13)11(14)15/h4-5,9H,3,13H2,1-2H3,(H,14,15)/t9-/m0/s1. The predicted octanol–water partition coefficient (Wildman–Crippen LogP) is -0.111. The first-order valence-electron chi connectivity index (χ1n) is 5.05. The largest absolute Gasteiger partial charge is 0.544 e. The van der Waals surface area contributed by atoms with Crippen LogP contribution in [0.25, 0.3) is 0 Å². The van der Waals surface area contributed by atoms with Gasteiger partial charge in [0.05, 0.1) is 18.2 Å². The fourth-order valence-corrected chi connectivity index (χ4v) is 1.94. The molecule has 0 heterocycles. The summed E-state index contributed by atoms with van der Waals surface area (Å²) in [4.78, 5) is 10.8. The van der Waals surface area contributed by atoms with Crippen LogP contribution in [0.5, 0.6) is 11.5 Å². The normalized spacial score (nSPS) is 12.0. The number of carboxylic acids is 1. The van der Waals surface area contributed by atoms with Crippen LogP contribution < -0.4 is 20.3 Å². The SMILES string of the molecule is CCOc1c(Br)cc([C@H]([NH3+])C(=O)[O-])cc1OC. The number of carbonyl (C=O) groups excluding carboxylic acids is 1. The van der Waals surface area contributed by atoms with Gasteiger partial charge < -0.3 is 25.1 Å². The molecule has 0 aliphatic rings. The minimum atomic E-state index is -1.23. The van der Waals surface area contributed by atoms with E-state index in [1.807, 2.05) is 6.92 Å². The lowest BCUT2D eigenvalue weighted by Crippen LogP contribution is -2.61. The second-order valence-corrected chi connectivity index (χ2v) is 4.19. The van der Waals surface area contributed by atoms with Crippen molar-refractivity contribution in [1.29, 1.82) is 0 Å². The molecule has 3 N–H and O–H groups in total. The summed E-state index contributed by atoms with van der Waals surface area (Å²) in [6, 6.07) is 2.28. The molecule has 0 saturated carbocycles. The van der Waals surface area contributed by atoms with Crippen molar-refractivity contribution in [1.82, 2.24) is 0 Å². The average Bonchev–Trinajstić information content (AvgIpc) is 2.30. The first-order valence-corrected chi connectivity index (χ1v) is 5.84. The Labute approximate surface area is 108 Å². The lowest BCUT2D eigenvalue weighted by Gasteiger charge is -2.15. The maximum absolute atomic E-state index is 10.8. The summed E-state index contributed by atoms with van der Waals surface area (Å²) in [7, 11) is 1.49. The van der Waals surface area contributed by atoms with Crippen LogP contribution in [0, 0.1) is 0 Å². The van der Waals surface area contributed by atoms with Crippen LogP contribution >= 0.6 is 15.9 Å². The van der Waals surface area contributed by atoms with Gasteiger partial charge in [-0.2, -0.15) is 0 Å². The second kappa shape index (κ2) is 5.88. The fourth-order valence-electron chi connectivity index (χ4n) is 1.36. The van der Waals surface area contributed by atoms with Gasteiger partial charge in [0, 0.05) is 5.56 Å². The summed E-state index contributed by atoms with van der Waals surface area (Å²) in [6.45, 7) is 2.34. The summed E-state index contributed by atoms with van der Waals surface area (Å²) in [5.41, 5.74) is 4.02. The van der Waals surface area contributed by atoms with Crippen LogP contribution in [0.3, 0.4) is 0 Å². The molecule has 0 saturated heterocycles. The number of methoxy groups -OCH3 is 1. The van der Waals surface area contributed by atoms with E-state index in [1.54, 1.807) is 12.1 Å². The van der Waals surface area contributed by atoms with Crippen molar-refractivity contribution in [3.05, 3.63) is 22.2 Å². The molecule has 0 unspecified atom stereocenters. The minimum absolute atomic E-state index is 0.464. The van der Waals surface area contributed by atoms with Crippen molar-refractivity contribution in [2.45, 2.75) is 13.0 Å². The van der Waals surface area contributed by atoms with Gasteiger partial charge in [-0.05, 0) is 35.0 Å². The minimum Gasteiger partial charge on any atom is -0.544 e. The number of rotatable bonds is 5. The van der Waals surface area contributed by atoms with Crippen molar-refractivity contribution in [3.63, 3.8) is 0 Å². The Balaban J connectivity index is 3.21. The highest BCUT2D eigenvalue weighted by molar-refractivity contribution is 9.10. The topological polar surface area (TPSA) is 86.2 Å². The van der Waals surface area contributed by atoms with Crippen LogP contribution in [0.4, 0.5) is 0 Å². The smallest absolute Gasteiger partial charge is 0.175 e. The highest BCUT2D eigenvalue weighted by atomic mass is 79.9. The van der Waals surface area contributed by atoms with E-state index >= 15 is 0 Å². The molecular weight excluding hydrogens is 290 g/mol. The monoisotopic (exact) mass is 303 g/mol. The molecule has 0 spiro atoms. The van der Waals surface area contributed by atoms with E-state index in [-0.39, 0.29) is 0 Å². The van der Waals surface area contributed by atoms with Gasteiger partial charge in [0.1, 0.15) is 5.97 Å². The molecule has 17 heavy (non-hydrogen) atoms. The Morgan fingerprint density at radius 3 is 2.71 bits per heavy atom. The first-order chi connectivity index (χ1) is 8.01. The number of quaternary nitrogens is 1. The van der Waals surface area contributed by atoms with Crippen molar-refractivity contribution < 1.29 is 25.1 Å². The molecular formula is C11H14BrNO4. The molecule has 1 aromatic rings. The third-order valence-corrected chi connectivity index (χ3v) is 2.82. The molecule has 1 atom stereocenters. The summed E-state index contributed by atoms with van der Waals surface area (Å²) in [5.74, 6) is -0.224. The lowest BCUT2D eigenvalue weighted by molar-refractivity contribution is -0.443. The Kier molecular flexibility index (Phi) is 4.77. The maximum atomic E-state index is 10.8. The molecule has 94 valence electrons. The quantitative estimate of drug-likeness (QED) is 0.822. The molecule has 1 aromatic carbocycles. The number of halogens is 1. The summed E-state index contributed by atoms with van der Waals surface area (Å²) in [5, 5.41) is 10.8. The maximum Gasteiger partial charge on any atom is 0.175 e. The second-order valence-electron chi connectivity index (χ2n) is 3.34. The van der Waals surface area contributed by atoms with E-state index in [0.29, 0.717) is 28.1 Å². The first kappa shape index (κ1) is 13.8. The zero-order valence-corrected chi connectivity index (χ0v) is 11.2. The number of carbonyl (C=O) groups is 1. The van der Waals surface area contributed by atoms with Crippen LogP contribution in [0.15, 0.2) is 16.6 Å². The summed E-state index contributed by atoms with van der Waals surface area (Å²) in [6.07, 6.45) is 0. The van der Waals surface area contributed by atoms with Crippen LogP contribution in [-0.2, 0) is 4.79 Å². The van der Waals surface area contributed by atoms with E-state index in [4.69, 9.17) is 9.47 Å². The van der Waals surface area contributed by atoms with Crippen LogP contribution in [0.2, 0.25) is 0 Å². The van der Waals surface area contributed by atoms with Gasteiger partial charge in [-0.1, -0.05) is 0 Å². The molecule has 0 amide bonds. The zero-order chi connectivity index (χ0) is 13.0. The van der Waals surface area contributed by atoms with Gasteiger partial charge in [0.25, 0.3) is 0 Å². The number of benzene rings is 1. The molecule has 6 heteroatoms. The van der Waals surface area contributed by atoms with Gasteiger partial charge in [0.15, 0.2) is 17.5 Å². The highest BCUT2D eigenvalue weighted by Crippen LogP contribution is 2.37. The molecule has 5 nitrogen and oxygen atoms in total.